The molecule has 0 saturated carbocycles. The van der Waals surface area contributed by atoms with Gasteiger partial charge in [-0.1, -0.05) is 6.92 Å². The fourth-order valence-corrected chi connectivity index (χ4v) is 5.01. The number of carboxylic acid groups (broad SMARTS) is 1. The van der Waals surface area contributed by atoms with E-state index in [1.807, 2.05) is 6.92 Å². The number of aromatic amines is 1. The number of thiophene rings is 1. The zero-order valence-corrected chi connectivity index (χ0v) is 17.6. The van der Waals surface area contributed by atoms with Gasteiger partial charge in [-0.3, -0.25) is 9.69 Å². The summed E-state index contributed by atoms with van der Waals surface area (Å²) in [6.45, 7) is 5.27. The van der Waals surface area contributed by atoms with Gasteiger partial charge in [-0.05, 0) is 56.1 Å². The van der Waals surface area contributed by atoms with Gasteiger partial charge in [0.15, 0.2) is 0 Å². The minimum absolute atomic E-state index is 0. The Balaban J connectivity index is 0.00000225. The average Bonchev–Trinajstić information content (AvgIpc) is 3.34. The van der Waals surface area contributed by atoms with Gasteiger partial charge in [0.1, 0.15) is 10.4 Å². The molecule has 0 aromatic carbocycles. The van der Waals surface area contributed by atoms with Crippen molar-refractivity contribution < 1.29 is 9.90 Å². The molecule has 1 fully saturated rings. The third kappa shape index (κ3) is 3.62. The van der Waals surface area contributed by atoms with Crippen molar-refractivity contribution in [2.75, 3.05) is 13.1 Å². The summed E-state index contributed by atoms with van der Waals surface area (Å²) in [5.74, 6) is -1.19. The molecule has 2 N–H and O–H groups in total. The third-order valence-corrected chi connectivity index (χ3v) is 6.61. The van der Waals surface area contributed by atoms with E-state index in [-0.39, 0.29) is 18.0 Å². The zero-order valence-electron chi connectivity index (χ0n) is 15.9. The van der Waals surface area contributed by atoms with Gasteiger partial charge in [0.05, 0.1) is 10.6 Å². The summed E-state index contributed by atoms with van der Waals surface area (Å²) in [4.78, 5) is 30.8. The second-order valence-corrected chi connectivity index (χ2v) is 8.15. The number of nitrogens with one attached hydrogen (secondary N) is 1. The van der Waals surface area contributed by atoms with Crippen LogP contribution in [0.1, 0.15) is 41.4 Å². The fourth-order valence-electron chi connectivity index (χ4n) is 3.84. The minimum atomic E-state index is -1.19. The number of aromatic carboxylic acids is 1. The summed E-state index contributed by atoms with van der Waals surface area (Å²) >= 11 is 1.64. The molecule has 8 heteroatoms. The number of pyridine rings is 1. The predicted octanol–water partition coefficient (Wildman–Crippen LogP) is 3.87. The number of aryl methyl sites for hydroxylation is 2. The van der Waals surface area contributed by atoms with Crippen molar-refractivity contribution in [3.05, 3.63) is 45.4 Å². The summed E-state index contributed by atoms with van der Waals surface area (Å²) in [5, 5.41) is 10.4. The molecule has 1 aliphatic rings. The summed E-state index contributed by atoms with van der Waals surface area (Å²) < 4.78 is 2.23. The Hall–Kier alpha value is -2.09. The first kappa shape index (κ1) is 20.6. The molecule has 4 rings (SSSR count). The smallest absolute Gasteiger partial charge is 0.341 e. The van der Waals surface area contributed by atoms with Crippen molar-refractivity contribution in [1.82, 2.24) is 14.5 Å². The lowest BCUT2D eigenvalue weighted by Gasteiger charge is -2.15. The standard InChI is InChI=1S/C20H23N3O3S.ClH/c1-3-12-9-15(20(25)26)18(24)21-17(12)16-10-13-8-14(22(2)19(13)27-16)11-23-6-4-5-7-23;/h8-10H,3-7,11H2,1-2H3,(H,21,24)(H,25,26);1H. The summed E-state index contributed by atoms with van der Waals surface area (Å²) in [6.07, 6.45) is 3.21. The molecule has 0 bridgehead atoms. The van der Waals surface area contributed by atoms with Gasteiger partial charge in [-0.15, -0.1) is 23.7 Å². The molecule has 150 valence electrons. The number of halogens is 1. The van der Waals surface area contributed by atoms with E-state index in [1.165, 1.54) is 42.5 Å². The van der Waals surface area contributed by atoms with Crippen LogP contribution in [0.2, 0.25) is 0 Å². The van der Waals surface area contributed by atoms with Crippen LogP contribution in [0.25, 0.3) is 20.8 Å². The van der Waals surface area contributed by atoms with E-state index < -0.39 is 11.5 Å². The number of aromatic nitrogens is 2. The van der Waals surface area contributed by atoms with Crippen molar-refractivity contribution in [2.45, 2.75) is 32.7 Å². The quantitative estimate of drug-likeness (QED) is 0.655. The molecule has 0 aliphatic carbocycles. The van der Waals surface area contributed by atoms with Gasteiger partial charge in [0.25, 0.3) is 5.56 Å². The number of rotatable bonds is 5. The lowest BCUT2D eigenvalue weighted by atomic mass is 10.1. The van der Waals surface area contributed by atoms with E-state index in [1.54, 1.807) is 11.3 Å². The van der Waals surface area contributed by atoms with E-state index in [4.69, 9.17) is 0 Å². The van der Waals surface area contributed by atoms with Crippen molar-refractivity contribution in [3.63, 3.8) is 0 Å². The van der Waals surface area contributed by atoms with Crippen molar-refractivity contribution in [3.8, 4) is 10.6 Å². The SMILES string of the molecule is CCc1cc(C(=O)O)c(=O)[nH]c1-c1cc2cc(CN3CCCC3)n(C)c2s1.Cl. The lowest BCUT2D eigenvalue weighted by Crippen LogP contribution is -2.19. The zero-order chi connectivity index (χ0) is 19.1. The number of fused-ring (bicyclic) bond motifs is 1. The first-order valence-corrected chi connectivity index (χ1v) is 10.1. The highest BCUT2D eigenvalue weighted by Crippen LogP contribution is 2.36. The van der Waals surface area contributed by atoms with Crippen LogP contribution in [0.15, 0.2) is 23.0 Å². The van der Waals surface area contributed by atoms with Gasteiger partial charge in [0.2, 0.25) is 0 Å². The first-order valence-electron chi connectivity index (χ1n) is 9.28. The predicted molar refractivity (Wildman–Crippen MR) is 115 cm³/mol. The second kappa shape index (κ2) is 8.11. The van der Waals surface area contributed by atoms with Gasteiger partial charge < -0.3 is 14.7 Å². The summed E-state index contributed by atoms with van der Waals surface area (Å²) in [7, 11) is 2.09. The average molecular weight is 422 g/mol. The highest BCUT2D eigenvalue weighted by molar-refractivity contribution is 7.21. The highest BCUT2D eigenvalue weighted by Gasteiger charge is 2.19. The van der Waals surface area contributed by atoms with Crippen molar-refractivity contribution in [2.24, 2.45) is 7.05 Å². The Morgan fingerprint density at radius 2 is 1.96 bits per heavy atom. The normalized spacial score (nSPS) is 14.5. The second-order valence-electron chi connectivity index (χ2n) is 7.12. The Labute approximate surface area is 173 Å². The van der Waals surface area contributed by atoms with Crippen LogP contribution in [0, 0.1) is 0 Å². The van der Waals surface area contributed by atoms with E-state index >= 15 is 0 Å². The van der Waals surface area contributed by atoms with Crippen LogP contribution in [0.3, 0.4) is 0 Å². The molecule has 28 heavy (non-hydrogen) atoms. The maximum atomic E-state index is 12.1. The molecule has 0 atom stereocenters. The summed E-state index contributed by atoms with van der Waals surface area (Å²) in [5.41, 5.74) is 2.12. The number of hydrogen-bond acceptors (Lipinski definition) is 4. The highest BCUT2D eigenvalue weighted by atomic mass is 35.5. The van der Waals surface area contributed by atoms with Crippen LogP contribution in [0.4, 0.5) is 0 Å². The molecule has 1 aliphatic heterocycles. The molecule has 4 heterocycles. The largest absolute Gasteiger partial charge is 0.477 e. The van der Waals surface area contributed by atoms with Crippen molar-refractivity contribution >= 4 is 39.9 Å². The Kier molecular flexibility index (Phi) is 5.98. The lowest BCUT2D eigenvalue weighted by molar-refractivity contribution is 0.0695. The molecule has 0 unspecified atom stereocenters. The van der Waals surface area contributed by atoms with E-state index in [9.17, 15) is 14.7 Å². The molecule has 0 spiro atoms. The van der Waals surface area contributed by atoms with Crippen LogP contribution in [-0.4, -0.2) is 38.6 Å². The molecule has 3 aromatic heterocycles. The maximum Gasteiger partial charge on any atom is 0.341 e. The number of nitrogens with zero attached hydrogens (tertiary/aromatic N) is 2. The number of carbonyl (C=O) groups is 1. The van der Waals surface area contributed by atoms with Gasteiger partial charge in [-0.25, -0.2) is 4.79 Å². The number of carboxylic acids is 1. The van der Waals surface area contributed by atoms with Crippen molar-refractivity contribution in [1.29, 1.82) is 0 Å². The maximum absolute atomic E-state index is 12.1. The number of likely N-dealkylation sites (tertiary alicyclic amines) is 1. The molecule has 6 nitrogen and oxygen atoms in total. The van der Waals surface area contributed by atoms with Crippen LogP contribution in [-0.2, 0) is 20.0 Å². The topological polar surface area (TPSA) is 78.3 Å². The van der Waals surface area contributed by atoms with Crippen LogP contribution >= 0.6 is 23.7 Å². The molecule has 0 amide bonds. The minimum Gasteiger partial charge on any atom is -0.477 e. The molecule has 1 saturated heterocycles. The Morgan fingerprint density at radius 3 is 2.57 bits per heavy atom. The fraction of sp³-hybridized carbons (Fsp3) is 0.400. The molecule has 3 aromatic rings. The number of hydrogen-bond donors (Lipinski definition) is 2. The first-order chi connectivity index (χ1) is 13.0. The van der Waals surface area contributed by atoms with E-state index in [0.717, 1.165) is 28.1 Å². The van der Waals surface area contributed by atoms with E-state index in [0.29, 0.717) is 6.42 Å². The number of H-pyrrole nitrogens is 1. The summed E-state index contributed by atoms with van der Waals surface area (Å²) in [6, 6.07) is 5.82. The monoisotopic (exact) mass is 421 g/mol. The molecular weight excluding hydrogens is 398 g/mol. The third-order valence-electron chi connectivity index (χ3n) is 5.36. The Morgan fingerprint density at radius 1 is 1.25 bits per heavy atom. The van der Waals surface area contributed by atoms with Gasteiger partial charge in [0, 0.05) is 24.7 Å². The molecule has 0 radical (unpaired) electrons. The van der Waals surface area contributed by atoms with E-state index in [2.05, 4.69) is 33.6 Å². The van der Waals surface area contributed by atoms with Crippen LogP contribution in [0.5, 0.6) is 0 Å². The van der Waals surface area contributed by atoms with Gasteiger partial charge in [-0.2, -0.15) is 0 Å². The molecular formula is C20H24ClN3O3S. The van der Waals surface area contributed by atoms with Gasteiger partial charge >= 0.3 is 5.97 Å². The Bertz CT molecular complexity index is 1080. The van der Waals surface area contributed by atoms with Crippen LogP contribution < -0.4 is 5.56 Å².